The van der Waals surface area contributed by atoms with Crippen LogP contribution in [-0.2, 0) is 19.5 Å². The molecule has 0 radical (unpaired) electrons. The van der Waals surface area contributed by atoms with Crippen LogP contribution in [0, 0.1) is 11.3 Å². The molecule has 0 N–H and O–H groups in total. The van der Waals surface area contributed by atoms with Crippen molar-refractivity contribution in [2.45, 2.75) is 46.2 Å². The van der Waals surface area contributed by atoms with Crippen molar-refractivity contribution < 1.29 is 0 Å². The van der Waals surface area contributed by atoms with Crippen LogP contribution in [0.3, 0.4) is 0 Å². The van der Waals surface area contributed by atoms with Gasteiger partial charge in [0.1, 0.15) is 11.3 Å². The molecule has 0 aliphatic rings. The quantitative estimate of drug-likeness (QED) is 0.423. The van der Waals surface area contributed by atoms with Gasteiger partial charge in [0.15, 0.2) is 0 Å². The first-order valence-electron chi connectivity index (χ1n) is 10.8. The molecule has 5 nitrogen and oxygen atoms in total. The van der Waals surface area contributed by atoms with Crippen LogP contribution in [0.25, 0.3) is 22.2 Å². The molecule has 0 amide bonds. The van der Waals surface area contributed by atoms with E-state index in [2.05, 4.69) is 29.7 Å². The molecule has 31 heavy (non-hydrogen) atoms. The van der Waals surface area contributed by atoms with Crippen molar-refractivity contribution >= 4 is 11.0 Å². The van der Waals surface area contributed by atoms with Gasteiger partial charge >= 0.3 is 0 Å². The van der Waals surface area contributed by atoms with E-state index in [0.717, 1.165) is 47.3 Å². The van der Waals surface area contributed by atoms with Crippen molar-refractivity contribution in [1.29, 1.82) is 5.26 Å². The van der Waals surface area contributed by atoms with Crippen LogP contribution in [0.4, 0.5) is 0 Å². The standard InChI is InChI=1S/C26H26N4O/c1-3-5-10-24-28-23-15-16-29(4-2)26(31)25(23)30(24)18-19-11-13-20(14-12-19)22-9-7-6-8-21(22)17-27/h6-9,11-16H,3-5,10,18H2,1-2H3. The first kappa shape index (κ1) is 20.6. The molecule has 0 atom stereocenters. The third-order valence-electron chi connectivity index (χ3n) is 5.70. The van der Waals surface area contributed by atoms with E-state index in [0.29, 0.717) is 24.2 Å². The van der Waals surface area contributed by atoms with Crippen LogP contribution in [0.1, 0.15) is 43.6 Å². The van der Waals surface area contributed by atoms with Crippen molar-refractivity contribution in [2.24, 2.45) is 0 Å². The smallest absolute Gasteiger partial charge is 0.276 e. The van der Waals surface area contributed by atoms with Crippen LogP contribution in [0.5, 0.6) is 0 Å². The van der Waals surface area contributed by atoms with Crippen LogP contribution >= 0.6 is 0 Å². The van der Waals surface area contributed by atoms with Gasteiger partial charge in [-0.25, -0.2) is 4.98 Å². The Morgan fingerprint density at radius 2 is 1.81 bits per heavy atom. The maximum atomic E-state index is 13.0. The fourth-order valence-electron chi connectivity index (χ4n) is 3.97. The number of imidazole rings is 1. The van der Waals surface area contributed by atoms with E-state index in [9.17, 15) is 10.1 Å². The normalized spacial score (nSPS) is 11.0. The fraction of sp³-hybridized carbons (Fsp3) is 0.269. The number of pyridine rings is 1. The van der Waals surface area contributed by atoms with Crippen molar-refractivity contribution in [3.63, 3.8) is 0 Å². The van der Waals surface area contributed by atoms with Crippen LogP contribution in [0.15, 0.2) is 65.6 Å². The van der Waals surface area contributed by atoms with E-state index in [1.54, 1.807) is 4.57 Å². The summed E-state index contributed by atoms with van der Waals surface area (Å²) in [6.45, 7) is 5.37. The molecule has 4 rings (SSSR count). The molecule has 2 aromatic carbocycles. The Hall–Kier alpha value is -3.65. The topological polar surface area (TPSA) is 63.6 Å². The van der Waals surface area contributed by atoms with Crippen LogP contribution in [0.2, 0.25) is 0 Å². The lowest BCUT2D eigenvalue weighted by molar-refractivity contribution is 0.681. The summed E-state index contributed by atoms with van der Waals surface area (Å²) in [6.07, 6.45) is 4.79. The van der Waals surface area contributed by atoms with Gasteiger partial charge in [0.2, 0.25) is 0 Å². The minimum atomic E-state index is 0.00909. The number of nitriles is 1. The minimum Gasteiger partial charge on any atom is -0.319 e. The molecule has 0 saturated heterocycles. The highest BCUT2D eigenvalue weighted by molar-refractivity contribution is 5.75. The number of hydrogen-bond acceptors (Lipinski definition) is 3. The summed E-state index contributed by atoms with van der Waals surface area (Å²) in [5.41, 5.74) is 5.15. The van der Waals surface area contributed by atoms with Gasteiger partial charge < -0.3 is 9.13 Å². The summed E-state index contributed by atoms with van der Waals surface area (Å²) in [5, 5.41) is 9.38. The number of fused-ring (bicyclic) bond motifs is 1. The zero-order valence-electron chi connectivity index (χ0n) is 18.0. The number of aryl methyl sites for hydroxylation is 2. The Morgan fingerprint density at radius 1 is 1.03 bits per heavy atom. The maximum absolute atomic E-state index is 13.0. The summed E-state index contributed by atoms with van der Waals surface area (Å²) in [7, 11) is 0. The van der Waals surface area contributed by atoms with Gasteiger partial charge in [-0.1, -0.05) is 55.8 Å². The predicted molar refractivity (Wildman–Crippen MR) is 124 cm³/mol. The largest absolute Gasteiger partial charge is 0.319 e. The molecule has 0 aliphatic carbocycles. The van der Waals surface area contributed by atoms with E-state index in [4.69, 9.17) is 4.98 Å². The zero-order valence-corrected chi connectivity index (χ0v) is 18.0. The number of nitrogens with zero attached hydrogens (tertiary/aromatic N) is 4. The average molecular weight is 411 g/mol. The molecule has 0 fully saturated rings. The predicted octanol–water partition coefficient (Wildman–Crippen LogP) is 5.15. The van der Waals surface area contributed by atoms with E-state index in [-0.39, 0.29) is 5.56 Å². The molecule has 0 bridgehead atoms. The van der Waals surface area contributed by atoms with Gasteiger partial charge in [0, 0.05) is 25.7 Å². The van der Waals surface area contributed by atoms with E-state index in [1.807, 2.05) is 55.6 Å². The molecule has 0 aliphatic heterocycles. The Kier molecular flexibility index (Phi) is 5.99. The highest BCUT2D eigenvalue weighted by Crippen LogP contribution is 2.24. The van der Waals surface area contributed by atoms with Crippen molar-refractivity contribution in [3.8, 4) is 17.2 Å². The lowest BCUT2D eigenvalue weighted by Gasteiger charge is -2.11. The first-order valence-corrected chi connectivity index (χ1v) is 10.8. The number of unbranched alkanes of at least 4 members (excludes halogenated alkanes) is 1. The summed E-state index contributed by atoms with van der Waals surface area (Å²) >= 11 is 0. The lowest BCUT2D eigenvalue weighted by atomic mass is 9.99. The van der Waals surface area contributed by atoms with Gasteiger partial charge in [-0.05, 0) is 42.2 Å². The molecule has 0 unspecified atom stereocenters. The van der Waals surface area contributed by atoms with Crippen molar-refractivity contribution in [3.05, 3.63) is 88.1 Å². The Morgan fingerprint density at radius 3 is 2.52 bits per heavy atom. The molecule has 0 spiro atoms. The summed E-state index contributed by atoms with van der Waals surface area (Å²) < 4.78 is 3.81. The third kappa shape index (κ3) is 4.02. The SMILES string of the molecule is CCCCc1nc2ccn(CC)c(=O)c2n1Cc1ccc(-c2ccccc2C#N)cc1. The molecule has 5 heteroatoms. The summed E-state index contributed by atoms with van der Waals surface area (Å²) in [4.78, 5) is 17.8. The van der Waals surface area contributed by atoms with Gasteiger partial charge in [-0.3, -0.25) is 4.79 Å². The first-order chi connectivity index (χ1) is 15.2. The third-order valence-corrected chi connectivity index (χ3v) is 5.70. The second-order valence-electron chi connectivity index (χ2n) is 7.71. The Bertz CT molecular complexity index is 1310. The van der Waals surface area contributed by atoms with Crippen LogP contribution < -0.4 is 5.56 Å². The zero-order chi connectivity index (χ0) is 21.8. The number of rotatable bonds is 7. The minimum absolute atomic E-state index is 0.00909. The second-order valence-corrected chi connectivity index (χ2v) is 7.71. The molecule has 2 heterocycles. The van der Waals surface area contributed by atoms with Crippen LogP contribution in [-0.4, -0.2) is 14.1 Å². The van der Waals surface area contributed by atoms with Gasteiger partial charge in [-0.15, -0.1) is 0 Å². The molecule has 0 saturated carbocycles. The summed E-state index contributed by atoms with van der Waals surface area (Å²) in [5.74, 6) is 0.960. The lowest BCUT2D eigenvalue weighted by Crippen LogP contribution is -2.21. The fourth-order valence-corrected chi connectivity index (χ4v) is 3.97. The van der Waals surface area contributed by atoms with E-state index >= 15 is 0 Å². The highest BCUT2D eigenvalue weighted by atomic mass is 16.1. The number of benzene rings is 2. The molecule has 4 aromatic rings. The van der Waals surface area contributed by atoms with Gasteiger partial charge in [0.25, 0.3) is 5.56 Å². The highest BCUT2D eigenvalue weighted by Gasteiger charge is 2.15. The summed E-state index contributed by atoms with van der Waals surface area (Å²) in [6, 6.07) is 20.0. The number of hydrogen-bond donors (Lipinski definition) is 0. The molecule has 156 valence electrons. The molecule has 2 aromatic heterocycles. The number of aromatic nitrogens is 3. The molecular weight excluding hydrogens is 384 g/mol. The van der Waals surface area contributed by atoms with Crippen molar-refractivity contribution in [1.82, 2.24) is 14.1 Å². The van der Waals surface area contributed by atoms with Crippen molar-refractivity contribution in [2.75, 3.05) is 0 Å². The average Bonchev–Trinajstić information content (AvgIpc) is 3.16. The Labute approximate surface area is 182 Å². The van der Waals surface area contributed by atoms with E-state index in [1.165, 1.54) is 0 Å². The maximum Gasteiger partial charge on any atom is 0.276 e. The monoisotopic (exact) mass is 410 g/mol. The second kappa shape index (κ2) is 9.01. The Balaban J connectivity index is 1.74. The van der Waals surface area contributed by atoms with Gasteiger partial charge in [-0.2, -0.15) is 5.26 Å². The van der Waals surface area contributed by atoms with E-state index < -0.39 is 0 Å². The molecular formula is C26H26N4O. The van der Waals surface area contributed by atoms with Gasteiger partial charge in [0.05, 0.1) is 17.1 Å².